The lowest BCUT2D eigenvalue weighted by Gasteiger charge is -2.32. The maximum Gasteiger partial charge on any atom is 0.339 e. The first kappa shape index (κ1) is 25.8. The van der Waals surface area contributed by atoms with Crippen LogP contribution in [-0.4, -0.2) is 36.9 Å². The van der Waals surface area contributed by atoms with Crippen molar-refractivity contribution >= 4 is 29.1 Å². The normalized spacial score (nSPS) is 17.4. The molecular weight excluding hydrogens is 478 g/mol. The molecule has 188 valence electrons. The predicted molar refractivity (Wildman–Crippen MR) is 141 cm³/mol. The van der Waals surface area contributed by atoms with Crippen LogP contribution in [0.25, 0.3) is 10.8 Å². The van der Waals surface area contributed by atoms with Gasteiger partial charge in [-0.15, -0.1) is 12.4 Å². The summed E-state index contributed by atoms with van der Waals surface area (Å²) in [4.78, 5) is 11.2. The summed E-state index contributed by atoms with van der Waals surface area (Å²) in [5.41, 5.74) is 2.60. The molecule has 0 amide bonds. The van der Waals surface area contributed by atoms with Gasteiger partial charge in [-0.3, -0.25) is 0 Å². The second-order valence-electron chi connectivity index (χ2n) is 8.86. The molecule has 5 rings (SSSR count). The lowest BCUT2D eigenvalue weighted by Crippen LogP contribution is -2.40. The van der Waals surface area contributed by atoms with Crippen molar-refractivity contribution < 1.29 is 23.8 Å². The monoisotopic (exact) mass is 507 g/mol. The Morgan fingerprint density at radius 3 is 2.64 bits per heavy atom. The molecule has 0 bridgehead atoms. The molecule has 0 saturated carbocycles. The number of hydrogen-bond donors (Lipinski definition) is 2. The number of rotatable bonds is 9. The summed E-state index contributed by atoms with van der Waals surface area (Å²) in [7, 11) is 0. The van der Waals surface area contributed by atoms with Crippen LogP contribution in [0, 0.1) is 0 Å². The van der Waals surface area contributed by atoms with Crippen molar-refractivity contribution in [2.24, 2.45) is 0 Å². The highest BCUT2D eigenvalue weighted by molar-refractivity contribution is 5.88. The fourth-order valence-electron chi connectivity index (χ4n) is 4.72. The van der Waals surface area contributed by atoms with E-state index in [0.29, 0.717) is 31.3 Å². The Bertz CT molecular complexity index is 1290. The highest BCUT2D eigenvalue weighted by Crippen LogP contribution is 2.30. The van der Waals surface area contributed by atoms with E-state index in [9.17, 15) is 9.90 Å². The van der Waals surface area contributed by atoms with Crippen LogP contribution in [-0.2, 0) is 17.8 Å². The van der Waals surface area contributed by atoms with Crippen molar-refractivity contribution in [2.45, 2.75) is 31.5 Å². The predicted octanol–water partition coefficient (Wildman–Crippen LogP) is 5.84. The van der Waals surface area contributed by atoms with Crippen molar-refractivity contribution in [3.63, 3.8) is 0 Å². The van der Waals surface area contributed by atoms with E-state index in [1.807, 2.05) is 12.1 Å². The minimum atomic E-state index is -0.988. The largest absolute Gasteiger partial charge is 0.493 e. The van der Waals surface area contributed by atoms with Gasteiger partial charge in [0.15, 0.2) is 0 Å². The third-order valence-corrected chi connectivity index (χ3v) is 6.59. The maximum absolute atomic E-state index is 11.2. The van der Waals surface area contributed by atoms with E-state index in [2.05, 4.69) is 59.9 Å². The minimum absolute atomic E-state index is 0. The molecule has 36 heavy (non-hydrogen) atoms. The highest BCUT2D eigenvalue weighted by atomic mass is 35.5. The summed E-state index contributed by atoms with van der Waals surface area (Å²) in [5.74, 6) is 0.499. The number of carboxylic acid groups (broad SMARTS) is 1. The molecule has 6 nitrogen and oxygen atoms in total. The summed E-state index contributed by atoms with van der Waals surface area (Å²) in [6.45, 7) is 2.72. The third-order valence-electron chi connectivity index (χ3n) is 6.59. The lowest BCUT2D eigenvalue weighted by molar-refractivity contribution is 0.0106. The van der Waals surface area contributed by atoms with E-state index >= 15 is 0 Å². The van der Waals surface area contributed by atoms with E-state index in [0.717, 1.165) is 25.3 Å². The summed E-state index contributed by atoms with van der Waals surface area (Å²) in [6.07, 6.45) is 2.90. The average molecular weight is 508 g/mol. The van der Waals surface area contributed by atoms with Gasteiger partial charge in [-0.25, -0.2) is 4.79 Å². The van der Waals surface area contributed by atoms with Gasteiger partial charge in [-0.05, 0) is 59.1 Å². The SMILES string of the molecule is Cl.O=C(O)c1ccoc1CCOc1ccc(C2CCNCC2OCc2ccc3ccccc3c2)cc1. The van der Waals surface area contributed by atoms with E-state index < -0.39 is 5.97 Å². The molecule has 1 fully saturated rings. The van der Waals surface area contributed by atoms with Gasteiger partial charge in [-0.1, -0.05) is 48.5 Å². The Morgan fingerprint density at radius 1 is 1.03 bits per heavy atom. The molecule has 0 aliphatic carbocycles. The minimum Gasteiger partial charge on any atom is -0.493 e. The molecule has 7 heteroatoms. The zero-order chi connectivity index (χ0) is 24.0. The second-order valence-corrected chi connectivity index (χ2v) is 8.86. The van der Waals surface area contributed by atoms with Crippen LogP contribution in [0.3, 0.4) is 0 Å². The first-order valence-corrected chi connectivity index (χ1v) is 12.0. The fraction of sp³-hybridized carbons (Fsp3) is 0.276. The van der Waals surface area contributed by atoms with E-state index in [1.54, 1.807) is 0 Å². The summed E-state index contributed by atoms with van der Waals surface area (Å²) < 4.78 is 17.5. The zero-order valence-electron chi connectivity index (χ0n) is 19.9. The summed E-state index contributed by atoms with van der Waals surface area (Å²) in [5, 5.41) is 15.1. The van der Waals surface area contributed by atoms with Crippen molar-refractivity contribution in [1.82, 2.24) is 5.32 Å². The number of aromatic carboxylic acids is 1. The van der Waals surface area contributed by atoms with Gasteiger partial charge in [0.1, 0.15) is 17.1 Å². The number of nitrogens with one attached hydrogen (secondary N) is 1. The van der Waals surface area contributed by atoms with Crippen LogP contribution in [0.5, 0.6) is 5.75 Å². The topological polar surface area (TPSA) is 80.9 Å². The van der Waals surface area contributed by atoms with Crippen LogP contribution < -0.4 is 10.1 Å². The first-order valence-electron chi connectivity index (χ1n) is 12.0. The quantitative estimate of drug-likeness (QED) is 0.296. The van der Waals surface area contributed by atoms with Crippen molar-refractivity contribution in [1.29, 1.82) is 0 Å². The molecule has 2 heterocycles. The van der Waals surface area contributed by atoms with E-state index in [-0.39, 0.29) is 24.1 Å². The van der Waals surface area contributed by atoms with Gasteiger partial charge < -0.3 is 24.3 Å². The molecule has 1 saturated heterocycles. The third kappa shape index (κ3) is 6.08. The van der Waals surface area contributed by atoms with Gasteiger partial charge in [-0.2, -0.15) is 0 Å². The Kier molecular flexibility index (Phi) is 8.65. The van der Waals surface area contributed by atoms with Crippen LogP contribution in [0.1, 0.15) is 39.6 Å². The standard InChI is InChI=1S/C29H29NO5.ClH/c31-29(32)26-12-15-34-27(26)13-16-33-24-9-7-22(8-10-24)25-11-14-30-18-28(25)35-19-20-5-6-21-3-1-2-4-23(21)17-20;/h1-10,12,15,17,25,28,30H,11,13-14,16,18-19H2,(H,31,32);1H. The van der Waals surface area contributed by atoms with Gasteiger partial charge >= 0.3 is 5.97 Å². The Balaban J connectivity index is 0.00000304. The Hall–Kier alpha value is -3.32. The molecule has 1 aliphatic rings. The number of carboxylic acids is 1. The van der Waals surface area contributed by atoms with Crippen molar-refractivity contribution in [3.8, 4) is 5.75 Å². The molecule has 4 aromatic rings. The number of halogens is 1. The Labute approximate surface area is 216 Å². The fourth-order valence-corrected chi connectivity index (χ4v) is 4.72. The average Bonchev–Trinajstić information content (AvgIpc) is 3.37. The second kappa shape index (κ2) is 12.1. The van der Waals surface area contributed by atoms with Crippen LogP contribution in [0.15, 0.2) is 83.5 Å². The molecule has 1 aromatic heterocycles. The molecule has 2 atom stereocenters. The number of hydrogen-bond acceptors (Lipinski definition) is 5. The number of piperidine rings is 1. The molecular formula is C29H30ClNO5. The van der Waals surface area contributed by atoms with Gasteiger partial charge in [0.05, 0.1) is 25.6 Å². The first-order chi connectivity index (χ1) is 17.2. The molecule has 2 unspecified atom stereocenters. The van der Waals surface area contributed by atoms with E-state index in [1.165, 1.54) is 34.2 Å². The summed E-state index contributed by atoms with van der Waals surface area (Å²) in [6, 6.07) is 24.5. The van der Waals surface area contributed by atoms with Gasteiger partial charge in [0.2, 0.25) is 0 Å². The summed E-state index contributed by atoms with van der Waals surface area (Å²) >= 11 is 0. The highest BCUT2D eigenvalue weighted by Gasteiger charge is 2.27. The maximum atomic E-state index is 11.2. The lowest BCUT2D eigenvalue weighted by atomic mass is 9.87. The molecule has 0 radical (unpaired) electrons. The number of furan rings is 1. The van der Waals surface area contributed by atoms with Crippen LogP contribution in [0.2, 0.25) is 0 Å². The van der Waals surface area contributed by atoms with Gasteiger partial charge in [0, 0.05) is 18.9 Å². The number of carbonyl (C=O) groups is 1. The molecule has 2 N–H and O–H groups in total. The Morgan fingerprint density at radius 2 is 1.83 bits per heavy atom. The molecule has 0 spiro atoms. The molecule has 3 aromatic carbocycles. The van der Waals surface area contributed by atoms with Crippen LogP contribution in [0.4, 0.5) is 0 Å². The van der Waals surface area contributed by atoms with E-state index in [4.69, 9.17) is 13.9 Å². The van der Waals surface area contributed by atoms with Crippen molar-refractivity contribution in [2.75, 3.05) is 19.7 Å². The number of benzene rings is 3. The number of fused-ring (bicyclic) bond motifs is 1. The van der Waals surface area contributed by atoms with Gasteiger partial charge in [0.25, 0.3) is 0 Å². The van der Waals surface area contributed by atoms with Crippen molar-refractivity contribution in [3.05, 3.63) is 102 Å². The molecule has 1 aliphatic heterocycles. The zero-order valence-corrected chi connectivity index (χ0v) is 20.7. The van der Waals surface area contributed by atoms with Crippen LogP contribution >= 0.6 is 12.4 Å². The number of ether oxygens (including phenoxy) is 2. The smallest absolute Gasteiger partial charge is 0.339 e.